The van der Waals surface area contributed by atoms with Crippen molar-refractivity contribution in [3.63, 3.8) is 0 Å². The van der Waals surface area contributed by atoms with Crippen molar-refractivity contribution in [1.29, 1.82) is 0 Å². The first-order valence-electron chi connectivity index (χ1n) is 12.9. The highest BCUT2D eigenvalue weighted by molar-refractivity contribution is 6.12. The number of pyridine rings is 1. The number of nitrogen functional groups attached to an aromatic ring is 1. The molecule has 39 heavy (non-hydrogen) atoms. The number of benzene rings is 1. The number of likely N-dealkylation sites (N-methyl/N-ethyl adjacent to an activating group) is 1. The minimum absolute atomic E-state index is 0.217. The minimum Gasteiger partial charge on any atom is -0.384 e. The zero-order valence-electron chi connectivity index (χ0n) is 22.8. The molecule has 3 atom stereocenters. The largest absolute Gasteiger partial charge is 0.384 e. The fourth-order valence-electron chi connectivity index (χ4n) is 5.10. The van der Waals surface area contributed by atoms with Crippen molar-refractivity contribution in [3.8, 4) is 0 Å². The van der Waals surface area contributed by atoms with Crippen molar-refractivity contribution in [2.75, 3.05) is 17.7 Å². The molecule has 1 aliphatic heterocycles. The van der Waals surface area contributed by atoms with Gasteiger partial charge in [-0.25, -0.2) is 14.2 Å². The number of carbonyl (C=O) groups excluding carboxylic acids is 3. The molecule has 4 rings (SSSR count). The first kappa shape index (κ1) is 27.7. The number of nitrogens with one attached hydrogen (secondary N) is 1. The number of anilines is 2. The van der Waals surface area contributed by atoms with Crippen molar-refractivity contribution in [2.24, 2.45) is 13.0 Å². The van der Waals surface area contributed by atoms with E-state index in [1.807, 2.05) is 13.0 Å². The fourth-order valence-corrected chi connectivity index (χ4v) is 5.10. The smallest absolute Gasteiger partial charge is 0.325 e. The van der Waals surface area contributed by atoms with Crippen LogP contribution in [0.5, 0.6) is 0 Å². The Labute approximate surface area is 227 Å². The van der Waals surface area contributed by atoms with Crippen LogP contribution in [0.4, 0.5) is 20.7 Å². The highest BCUT2D eigenvalue weighted by atomic mass is 19.1. The van der Waals surface area contributed by atoms with Crippen LogP contribution in [0, 0.1) is 25.6 Å². The molecule has 206 valence electrons. The van der Waals surface area contributed by atoms with E-state index in [1.54, 1.807) is 51.0 Å². The Balaban J connectivity index is 1.63. The van der Waals surface area contributed by atoms with Gasteiger partial charge in [-0.15, -0.1) is 0 Å². The molecule has 1 aromatic carbocycles. The van der Waals surface area contributed by atoms with E-state index in [2.05, 4.69) is 15.4 Å². The Morgan fingerprint density at radius 1 is 1.21 bits per heavy atom. The molecule has 1 fully saturated rings. The summed E-state index contributed by atoms with van der Waals surface area (Å²) in [7, 11) is 3.31. The number of halogens is 1. The summed E-state index contributed by atoms with van der Waals surface area (Å²) >= 11 is 0. The van der Waals surface area contributed by atoms with Gasteiger partial charge in [0.2, 0.25) is 5.91 Å². The molecule has 1 saturated heterocycles. The van der Waals surface area contributed by atoms with E-state index < -0.39 is 41.7 Å². The summed E-state index contributed by atoms with van der Waals surface area (Å²) in [6.45, 7) is 5.52. The SMILES string of the molecule is CCC[C@@H](NC(=O)N1C(=O)[C@H](Cc2cc(C)nc(N)c2)[C@H]1C(=O)N(C)c1cnn(C)c1)c1cc(C)cc(F)c1. The van der Waals surface area contributed by atoms with Gasteiger partial charge in [-0.05, 0) is 67.6 Å². The number of nitrogens with two attached hydrogens (primary N) is 1. The van der Waals surface area contributed by atoms with Crippen LogP contribution in [-0.2, 0) is 23.1 Å². The van der Waals surface area contributed by atoms with Gasteiger partial charge < -0.3 is 16.0 Å². The molecular formula is C28H34FN7O3. The first-order chi connectivity index (χ1) is 18.5. The van der Waals surface area contributed by atoms with E-state index >= 15 is 0 Å². The van der Waals surface area contributed by atoms with Gasteiger partial charge in [0.05, 0.1) is 23.8 Å². The topological polar surface area (TPSA) is 126 Å². The lowest BCUT2D eigenvalue weighted by atomic mass is 9.81. The summed E-state index contributed by atoms with van der Waals surface area (Å²) in [6, 6.07) is 5.80. The number of β-lactam (4-membered cyclic amide) rings is 1. The number of amides is 4. The number of aryl methyl sites for hydroxylation is 3. The van der Waals surface area contributed by atoms with E-state index in [1.165, 1.54) is 23.2 Å². The molecule has 11 heteroatoms. The highest BCUT2D eigenvalue weighted by Gasteiger charge is 2.55. The van der Waals surface area contributed by atoms with Crippen LogP contribution < -0.4 is 16.0 Å². The molecule has 3 N–H and O–H groups in total. The van der Waals surface area contributed by atoms with Crippen molar-refractivity contribution in [2.45, 2.75) is 52.1 Å². The van der Waals surface area contributed by atoms with Crippen molar-refractivity contribution in [3.05, 3.63) is 70.9 Å². The van der Waals surface area contributed by atoms with Gasteiger partial charge in [-0.1, -0.05) is 19.4 Å². The molecule has 2 aromatic heterocycles. The lowest BCUT2D eigenvalue weighted by molar-refractivity contribution is -0.156. The first-order valence-corrected chi connectivity index (χ1v) is 12.9. The monoisotopic (exact) mass is 535 g/mol. The minimum atomic E-state index is -1.05. The predicted molar refractivity (Wildman–Crippen MR) is 145 cm³/mol. The zero-order chi connectivity index (χ0) is 28.4. The van der Waals surface area contributed by atoms with Gasteiger partial charge in [0.15, 0.2) is 0 Å². The second-order valence-electron chi connectivity index (χ2n) is 10.1. The number of urea groups is 1. The summed E-state index contributed by atoms with van der Waals surface area (Å²) in [5, 5.41) is 6.99. The van der Waals surface area contributed by atoms with E-state index in [9.17, 15) is 18.8 Å². The third-order valence-corrected chi connectivity index (χ3v) is 6.93. The standard InChI is InChI=1S/C28H34FN7O3/c1-6-7-23(19-8-16(2)9-20(29)13-19)33-28(39)36-25(27(38)35(5)21-14-31-34(4)15-21)22(26(36)37)11-18-10-17(3)32-24(30)12-18/h8-10,12-15,22-23,25H,6-7,11H2,1-5H3,(H2,30,32)(H,33,39)/t22-,23-,25+/m1/s1. The van der Waals surface area contributed by atoms with Gasteiger partial charge in [-0.3, -0.25) is 19.2 Å². The van der Waals surface area contributed by atoms with Crippen molar-refractivity contribution >= 4 is 29.4 Å². The fraction of sp³-hybridized carbons (Fsp3) is 0.393. The average Bonchev–Trinajstić information content (AvgIpc) is 3.29. The molecule has 3 aromatic rings. The van der Waals surface area contributed by atoms with E-state index in [-0.39, 0.29) is 6.42 Å². The normalized spacial score (nSPS) is 17.5. The maximum absolute atomic E-state index is 14.2. The number of imide groups is 1. The lowest BCUT2D eigenvalue weighted by Gasteiger charge is -2.46. The quantitative estimate of drug-likeness (QED) is 0.426. The maximum Gasteiger partial charge on any atom is 0.325 e. The molecule has 0 aliphatic carbocycles. The van der Waals surface area contributed by atoms with Crippen molar-refractivity contribution < 1.29 is 18.8 Å². The summed E-state index contributed by atoms with van der Waals surface area (Å²) in [5.74, 6) is -1.75. The number of carbonyl (C=O) groups is 3. The number of hydrogen-bond acceptors (Lipinski definition) is 6. The van der Waals surface area contributed by atoms with Gasteiger partial charge in [0.25, 0.3) is 5.91 Å². The second kappa shape index (κ2) is 11.2. The molecule has 0 saturated carbocycles. The molecule has 0 unspecified atom stereocenters. The molecule has 10 nitrogen and oxygen atoms in total. The lowest BCUT2D eigenvalue weighted by Crippen LogP contribution is -2.70. The number of rotatable bonds is 8. The average molecular weight is 536 g/mol. The second-order valence-corrected chi connectivity index (χ2v) is 10.1. The van der Waals surface area contributed by atoms with Gasteiger partial charge >= 0.3 is 6.03 Å². The number of likely N-dealkylation sites (tertiary alicyclic amines) is 1. The summed E-state index contributed by atoms with van der Waals surface area (Å²) in [6.07, 6.45) is 4.67. The molecule has 0 bridgehead atoms. The highest BCUT2D eigenvalue weighted by Crippen LogP contribution is 2.34. The van der Waals surface area contributed by atoms with Gasteiger partial charge in [0.1, 0.15) is 17.7 Å². The van der Waals surface area contributed by atoms with Crippen LogP contribution in [0.3, 0.4) is 0 Å². The number of hydrogen-bond donors (Lipinski definition) is 2. The van der Waals surface area contributed by atoms with Gasteiger partial charge in [0, 0.05) is 26.0 Å². The maximum atomic E-state index is 14.2. The summed E-state index contributed by atoms with van der Waals surface area (Å²) in [5.41, 5.74) is 9.20. The zero-order valence-corrected chi connectivity index (χ0v) is 22.8. The van der Waals surface area contributed by atoms with E-state index in [4.69, 9.17) is 5.73 Å². The summed E-state index contributed by atoms with van der Waals surface area (Å²) in [4.78, 5) is 47.2. The Bertz CT molecular complexity index is 1370. The van der Waals surface area contributed by atoms with Crippen molar-refractivity contribution in [1.82, 2.24) is 25.0 Å². The van der Waals surface area contributed by atoms with Crippen LogP contribution in [0.25, 0.3) is 0 Å². The Hall–Kier alpha value is -4.28. The van der Waals surface area contributed by atoms with E-state index in [0.717, 1.165) is 16.0 Å². The Morgan fingerprint density at radius 2 is 1.95 bits per heavy atom. The summed E-state index contributed by atoms with van der Waals surface area (Å²) < 4.78 is 15.7. The van der Waals surface area contributed by atoms with E-state index in [0.29, 0.717) is 35.6 Å². The third-order valence-electron chi connectivity index (χ3n) is 6.93. The molecule has 0 radical (unpaired) electrons. The van der Waals surface area contributed by atoms with Crippen LogP contribution in [-0.4, -0.2) is 50.6 Å². The van der Waals surface area contributed by atoms with Gasteiger partial charge in [-0.2, -0.15) is 5.10 Å². The predicted octanol–water partition coefficient (Wildman–Crippen LogP) is 3.44. The van der Waals surface area contributed by atoms with Crippen LogP contribution >= 0.6 is 0 Å². The molecule has 4 amide bonds. The molecule has 0 spiro atoms. The van der Waals surface area contributed by atoms with Crippen LogP contribution in [0.15, 0.2) is 42.7 Å². The molecule has 3 heterocycles. The Kier molecular flexibility index (Phi) is 7.98. The molecule has 1 aliphatic rings. The molecular weight excluding hydrogens is 501 g/mol. The Morgan fingerprint density at radius 3 is 2.56 bits per heavy atom. The van der Waals surface area contributed by atoms with Crippen LogP contribution in [0.1, 0.15) is 48.2 Å². The number of nitrogens with zero attached hydrogens (tertiary/aromatic N) is 5. The van der Waals surface area contributed by atoms with Crippen LogP contribution in [0.2, 0.25) is 0 Å². The third kappa shape index (κ3) is 5.92. The number of aromatic nitrogens is 3.